The second-order valence-electron chi connectivity index (χ2n) is 5.73. The predicted octanol–water partition coefficient (Wildman–Crippen LogP) is 2.20. The SMILES string of the molecule is C[C@H](NC(=O)Nc1ccnn1C[C@H]1CCOC1)c1cccnc1. The first kappa shape index (κ1) is 15.5. The van der Waals surface area contributed by atoms with Gasteiger partial charge in [-0.25, -0.2) is 9.48 Å². The average Bonchev–Trinajstić information content (AvgIpc) is 3.21. The monoisotopic (exact) mass is 315 g/mol. The molecule has 0 radical (unpaired) electrons. The molecule has 0 unspecified atom stereocenters. The highest BCUT2D eigenvalue weighted by Gasteiger charge is 2.18. The minimum atomic E-state index is -0.259. The first-order valence-electron chi connectivity index (χ1n) is 7.79. The molecule has 2 aromatic rings. The minimum Gasteiger partial charge on any atom is -0.381 e. The van der Waals surface area contributed by atoms with Gasteiger partial charge in [-0.15, -0.1) is 0 Å². The van der Waals surface area contributed by atoms with Crippen molar-refractivity contribution in [1.29, 1.82) is 0 Å². The van der Waals surface area contributed by atoms with E-state index in [1.54, 1.807) is 24.7 Å². The number of ether oxygens (including phenoxy) is 1. The Morgan fingerprint density at radius 2 is 2.39 bits per heavy atom. The molecule has 1 aliphatic rings. The van der Waals surface area contributed by atoms with E-state index in [0.29, 0.717) is 11.7 Å². The van der Waals surface area contributed by atoms with Gasteiger partial charge in [0.25, 0.3) is 0 Å². The van der Waals surface area contributed by atoms with Crippen LogP contribution in [0.2, 0.25) is 0 Å². The number of pyridine rings is 1. The molecule has 7 nitrogen and oxygen atoms in total. The van der Waals surface area contributed by atoms with Crippen molar-refractivity contribution in [3.63, 3.8) is 0 Å². The Bertz CT molecular complexity index is 637. The van der Waals surface area contributed by atoms with Gasteiger partial charge in [0.1, 0.15) is 5.82 Å². The molecule has 3 heterocycles. The number of hydrogen-bond acceptors (Lipinski definition) is 4. The maximum atomic E-state index is 12.2. The molecule has 2 N–H and O–H groups in total. The van der Waals surface area contributed by atoms with Gasteiger partial charge in [-0.3, -0.25) is 10.3 Å². The van der Waals surface area contributed by atoms with Crippen LogP contribution in [0.3, 0.4) is 0 Å². The van der Waals surface area contributed by atoms with Crippen LogP contribution in [-0.4, -0.2) is 34.0 Å². The first-order chi connectivity index (χ1) is 11.2. The molecule has 1 saturated heterocycles. The molecule has 1 aliphatic heterocycles. The second-order valence-corrected chi connectivity index (χ2v) is 5.73. The first-order valence-corrected chi connectivity index (χ1v) is 7.79. The summed E-state index contributed by atoms with van der Waals surface area (Å²) < 4.78 is 7.19. The standard InChI is InChI=1S/C16H21N5O2/c1-12(14-3-2-6-17-9-14)19-16(22)20-15-4-7-18-21(15)10-13-5-8-23-11-13/h2-4,6-7,9,12-13H,5,8,10-11H2,1H3,(H2,19,20,22)/t12-,13+/m0/s1. The Hall–Kier alpha value is -2.41. The molecule has 0 aliphatic carbocycles. The summed E-state index contributed by atoms with van der Waals surface area (Å²) >= 11 is 0. The van der Waals surface area contributed by atoms with E-state index < -0.39 is 0 Å². The normalized spacial score (nSPS) is 18.6. The highest BCUT2D eigenvalue weighted by molar-refractivity contribution is 5.88. The molecule has 23 heavy (non-hydrogen) atoms. The van der Waals surface area contributed by atoms with Gasteiger partial charge < -0.3 is 10.1 Å². The van der Waals surface area contributed by atoms with Crippen LogP contribution in [0.1, 0.15) is 24.9 Å². The van der Waals surface area contributed by atoms with E-state index in [9.17, 15) is 4.79 Å². The van der Waals surface area contributed by atoms with Gasteiger partial charge in [-0.05, 0) is 25.0 Å². The molecule has 2 atom stereocenters. The van der Waals surface area contributed by atoms with Crippen LogP contribution in [0.4, 0.5) is 10.6 Å². The van der Waals surface area contributed by atoms with Gasteiger partial charge in [0.05, 0.1) is 18.8 Å². The van der Waals surface area contributed by atoms with Crippen molar-refractivity contribution in [1.82, 2.24) is 20.1 Å². The zero-order chi connectivity index (χ0) is 16.1. The van der Waals surface area contributed by atoms with Crippen molar-refractivity contribution in [2.45, 2.75) is 25.9 Å². The van der Waals surface area contributed by atoms with Crippen molar-refractivity contribution >= 4 is 11.8 Å². The number of nitrogens with zero attached hydrogens (tertiary/aromatic N) is 3. The van der Waals surface area contributed by atoms with E-state index in [2.05, 4.69) is 20.7 Å². The zero-order valence-corrected chi connectivity index (χ0v) is 13.1. The third-order valence-electron chi connectivity index (χ3n) is 3.95. The summed E-state index contributed by atoms with van der Waals surface area (Å²) in [5.74, 6) is 1.14. The molecule has 2 amide bonds. The van der Waals surface area contributed by atoms with Crippen LogP contribution in [0.5, 0.6) is 0 Å². The number of amides is 2. The van der Waals surface area contributed by atoms with Crippen LogP contribution in [0.15, 0.2) is 36.8 Å². The molecule has 122 valence electrons. The fourth-order valence-electron chi connectivity index (χ4n) is 2.62. The van der Waals surface area contributed by atoms with Crippen molar-refractivity contribution in [2.24, 2.45) is 5.92 Å². The largest absolute Gasteiger partial charge is 0.381 e. The second kappa shape index (κ2) is 7.23. The van der Waals surface area contributed by atoms with Gasteiger partial charge in [-0.1, -0.05) is 6.07 Å². The topological polar surface area (TPSA) is 81.1 Å². The van der Waals surface area contributed by atoms with Crippen molar-refractivity contribution in [3.05, 3.63) is 42.4 Å². The van der Waals surface area contributed by atoms with Crippen LogP contribution >= 0.6 is 0 Å². The van der Waals surface area contributed by atoms with Crippen LogP contribution in [0.25, 0.3) is 0 Å². The lowest BCUT2D eigenvalue weighted by Gasteiger charge is -2.16. The highest BCUT2D eigenvalue weighted by atomic mass is 16.5. The van der Waals surface area contributed by atoms with E-state index in [1.807, 2.05) is 23.7 Å². The summed E-state index contributed by atoms with van der Waals surface area (Å²) in [7, 11) is 0. The van der Waals surface area contributed by atoms with E-state index in [0.717, 1.165) is 31.7 Å². The maximum Gasteiger partial charge on any atom is 0.320 e. The quantitative estimate of drug-likeness (QED) is 0.886. The third-order valence-corrected chi connectivity index (χ3v) is 3.95. The number of rotatable bonds is 5. The van der Waals surface area contributed by atoms with Gasteiger partial charge in [-0.2, -0.15) is 5.10 Å². The molecular formula is C16H21N5O2. The lowest BCUT2D eigenvalue weighted by molar-refractivity contribution is 0.181. The van der Waals surface area contributed by atoms with Gasteiger partial charge >= 0.3 is 6.03 Å². The molecule has 0 aromatic carbocycles. The molecule has 0 spiro atoms. The minimum absolute atomic E-state index is 0.122. The molecule has 0 saturated carbocycles. The molecular weight excluding hydrogens is 294 g/mol. The van der Waals surface area contributed by atoms with Gasteiger partial charge in [0.15, 0.2) is 0 Å². The van der Waals surface area contributed by atoms with Gasteiger partial charge in [0.2, 0.25) is 0 Å². The van der Waals surface area contributed by atoms with Crippen molar-refractivity contribution in [3.8, 4) is 0 Å². The summed E-state index contributed by atoms with van der Waals surface area (Å²) in [6.07, 6.45) is 6.18. The number of urea groups is 1. The number of anilines is 1. The molecule has 1 fully saturated rings. The van der Waals surface area contributed by atoms with Crippen molar-refractivity contribution in [2.75, 3.05) is 18.5 Å². The molecule has 0 bridgehead atoms. The van der Waals surface area contributed by atoms with Gasteiger partial charge in [0, 0.05) is 37.5 Å². The maximum absolute atomic E-state index is 12.2. The summed E-state index contributed by atoms with van der Waals surface area (Å²) in [5, 5.41) is 10.0. The van der Waals surface area contributed by atoms with Crippen LogP contribution < -0.4 is 10.6 Å². The Kier molecular flexibility index (Phi) is 4.87. The lowest BCUT2D eigenvalue weighted by Crippen LogP contribution is -2.32. The summed E-state index contributed by atoms with van der Waals surface area (Å²) in [6, 6.07) is 5.20. The number of nitrogens with one attached hydrogen (secondary N) is 2. The predicted molar refractivity (Wildman–Crippen MR) is 86.0 cm³/mol. The lowest BCUT2D eigenvalue weighted by atomic mass is 10.1. The number of hydrogen-bond donors (Lipinski definition) is 2. The Labute approximate surface area is 135 Å². The van der Waals surface area contributed by atoms with E-state index in [4.69, 9.17) is 4.74 Å². The van der Waals surface area contributed by atoms with Crippen LogP contribution in [0, 0.1) is 5.92 Å². The van der Waals surface area contributed by atoms with E-state index in [-0.39, 0.29) is 12.1 Å². The Morgan fingerprint density at radius 1 is 1.48 bits per heavy atom. The summed E-state index contributed by atoms with van der Waals surface area (Å²) in [6.45, 7) is 4.23. The third kappa shape index (κ3) is 4.07. The number of aromatic nitrogens is 3. The number of carbonyl (C=O) groups is 1. The summed E-state index contributed by atoms with van der Waals surface area (Å²) in [5.41, 5.74) is 0.958. The Balaban J connectivity index is 1.56. The molecule has 3 rings (SSSR count). The number of carbonyl (C=O) groups excluding carboxylic acids is 1. The van der Waals surface area contributed by atoms with Crippen LogP contribution in [-0.2, 0) is 11.3 Å². The fraction of sp³-hybridized carbons (Fsp3) is 0.438. The summed E-state index contributed by atoms with van der Waals surface area (Å²) in [4.78, 5) is 16.2. The molecule has 2 aromatic heterocycles. The van der Waals surface area contributed by atoms with E-state index >= 15 is 0 Å². The average molecular weight is 315 g/mol. The fourth-order valence-corrected chi connectivity index (χ4v) is 2.62. The van der Waals surface area contributed by atoms with Crippen molar-refractivity contribution < 1.29 is 9.53 Å². The Morgan fingerprint density at radius 3 is 3.13 bits per heavy atom. The zero-order valence-electron chi connectivity index (χ0n) is 13.1. The smallest absolute Gasteiger partial charge is 0.320 e. The highest BCUT2D eigenvalue weighted by Crippen LogP contribution is 2.17. The molecule has 7 heteroatoms. The van der Waals surface area contributed by atoms with E-state index in [1.165, 1.54) is 0 Å².